The number of carbonyl (C=O) groups excluding carboxylic acids is 2. The molecule has 190 valence electrons. The van der Waals surface area contributed by atoms with Crippen molar-refractivity contribution in [2.45, 2.75) is 39.3 Å². The average Bonchev–Trinajstić information content (AvgIpc) is 3.41. The van der Waals surface area contributed by atoms with Crippen LogP contribution in [0.15, 0.2) is 64.3 Å². The van der Waals surface area contributed by atoms with Crippen LogP contribution >= 0.6 is 0 Å². The Labute approximate surface area is 210 Å². The van der Waals surface area contributed by atoms with E-state index in [4.69, 9.17) is 18.6 Å². The summed E-state index contributed by atoms with van der Waals surface area (Å²) in [6, 6.07) is 13.3. The molecule has 4 rings (SSSR count). The second-order valence-electron chi connectivity index (χ2n) is 8.76. The summed E-state index contributed by atoms with van der Waals surface area (Å²) in [5.41, 5.74) is 1.13. The number of ether oxygens (including phenoxy) is 3. The van der Waals surface area contributed by atoms with Gasteiger partial charge >= 0.3 is 0 Å². The number of hydrogen-bond acceptors (Lipinski definition) is 7. The summed E-state index contributed by atoms with van der Waals surface area (Å²) in [6.07, 6.45) is 0.594. The Morgan fingerprint density at radius 3 is 2.61 bits per heavy atom. The number of aliphatic hydroxyl groups is 1. The number of para-hydroxylation sites is 1. The third kappa shape index (κ3) is 4.95. The van der Waals surface area contributed by atoms with Gasteiger partial charge in [-0.05, 0) is 57.0 Å². The van der Waals surface area contributed by atoms with Crippen molar-refractivity contribution in [3.05, 3.63) is 71.2 Å². The van der Waals surface area contributed by atoms with E-state index in [9.17, 15) is 14.7 Å². The molecule has 8 nitrogen and oxygen atoms in total. The summed E-state index contributed by atoms with van der Waals surface area (Å²) in [5.74, 6) is -0.673. The number of Topliss-reactive ketones (excluding diaryl/α,β-unsaturated/α-hetero) is 1. The fourth-order valence-corrected chi connectivity index (χ4v) is 4.37. The number of fused-ring (bicyclic) bond motifs is 1. The summed E-state index contributed by atoms with van der Waals surface area (Å²) < 4.78 is 22.5. The topological polar surface area (TPSA) is 98.4 Å². The van der Waals surface area contributed by atoms with Crippen LogP contribution in [-0.4, -0.2) is 54.7 Å². The predicted octanol–water partition coefficient (Wildman–Crippen LogP) is 5.23. The molecule has 2 aromatic carbocycles. The maximum absolute atomic E-state index is 13.7. The van der Waals surface area contributed by atoms with Gasteiger partial charge in [-0.3, -0.25) is 9.59 Å². The Balaban J connectivity index is 1.75. The molecule has 0 spiro atoms. The highest BCUT2D eigenvalue weighted by Gasteiger charge is 2.44. The molecule has 1 unspecified atom stereocenters. The van der Waals surface area contributed by atoms with Gasteiger partial charge < -0.3 is 28.6 Å². The van der Waals surface area contributed by atoms with Crippen LogP contribution in [-0.2, 0) is 9.53 Å². The second-order valence-corrected chi connectivity index (χ2v) is 8.76. The molecule has 1 atom stereocenters. The van der Waals surface area contributed by atoms with Gasteiger partial charge in [-0.25, -0.2) is 0 Å². The molecule has 1 aromatic heterocycles. The van der Waals surface area contributed by atoms with E-state index in [1.807, 2.05) is 39.0 Å². The van der Waals surface area contributed by atoms with Gasteiger partial charge in [-0.15, -0.1) is 0 Å². The predicted molar refractivity (Wildman–Crippen MR) is 135 cm³/mol. The molecule has 1 aliphatic rings. The maximum atomic E-state index is 13.7. The molecule has 0 bridgehead atoms. The van der Waals surface area contributed by atoms with Crippen LogP contribution in [0.1, 0.15) is 49.4 Å². The number of hydrogen-bond donors (Lipinski definition) is 1. The molecule has 0 aliphatic carbocycles. The zero-order valence-corrected chi connectivity index (χ0v) is 20.9. The quantitative estimate of drug-likeness (QED) is 0.288. The zero-order valence-electron chi connectivity index (χ0n) is 20.9. The van der Waals surface area contributed by atoms with Crippen LogP contribution in [0.25, 0.3) is 11.0 Å². The van der Waals surface area contributed by atoms with Gasteiger partial charge in [0.05, 0.1) is 31.4 Å². The number of methoxy groups -OCH3 is 1. The number of ketones is 1. The Bertz CT molecular complexity index is 1260. The first kappa shape index (κ1) is 25.3. The lowest BCUT2D eigenvalue weighted by atomic mass is 9.94. The molecule has 1 N–H and O–H groups in total. The van der Waals surface area contributed by atoms with Crippen LogP contribution in [0.2, 0.25) is 0 Å². The standard InChI is InChI=1S/C28H31NO7/c1-5-34-22-16-19(11-12-21(22)33-4)25-24(26(30)23-15-18-9-6-7-10-20(18)36-23)27(31)28(32)29(25)13-8-14-35-17(2)3/h6-7,9-12,15-17,25,31H,5,8,13-14H2,1-4H3. The summed E-state index contributed by atoms with van der Waals surface area (Å²) >= 11 is 0. The third-order valence-corrected chi connectivity index (χ3v) is 6.00. The van der Waals surface area contributed by atoms with Gasteiger partial charge in [0.2, 0.25) is 5.78 Å². The molecular formula is C28H31NO7. The van der Waals surface area contributed by atoms with Gasteiger partial charge in [0.15, 0.2) is 23.0 Å². The van der Waals surface area contributed by atoms with Gasteiger partial charge in [-0.2, -0.15) is 0 Å². The highest BCUT2D eigenvalue weighted by molar-refractivity contribution is 6.16. The summed E-state index contributed by atoms with van der Waals surface area (Å²) in [6.45, 7) is 6.86. The molecule has 2 heterocycles. The minimum Gasteiger partial charge on any atom is -0.503 e. The lowest BCUT2D eigenvalue weighted by Crippen LogP contribution is -2.32. The molecule has 1 aliphatic heterocycles. The van der Waals surface area contributed by atoms with Crippen molar-refractivity contribution < 1.29 is 33.3 Å². The Morgan fingerprint density at radius 1 is 1.14 bits per heavy atom. The van der Waals surface area contributed by atoms with E-state index < -0.39 is 23.5 Å². The lowest BCUT2D eigenvalue weighted by molar-refractivity contribution is -0.129. The summed E-state index contributed by atoms with van der Waals surface area (Å²) in [7, 11) is 1.54. The number of amides is 1. The minimum atomic E-state index is -0.831. The van der Waals surface area contributed by atoms with Crippen LogP contribution in [0, 0.1) is 0 Å². The fourth-order valence-electron chi connectivity index (χ4n) is 4.37. The van der Waals surface area contributed by atoms with Crippen molar-refractivity contribution in [3.63, 3.8) is 0 Å². The highest BCUT2D eigenvalue weighted by Crippen LogP contribution is 2.42. The number of benzene rings is 2. The van der Waals surface area contributed by atoms with E-state index >= 15 is 0 Å². The maximum Gasteiger partial charge on any atom is 0.290 e. The van der Waals surface area contributed by atoms with E-state index in [-0.39, 0.29) is 24.0 Å². The fraction of sp³-hybridized carbons (Fsp3) is 0.357. The Kier molecular flexibility index (Phi) is 7.64. The highest BCUT2D eigenvalue weighted by atomic mass is 16.5. The monoisotopic (exact) mass is 493 g/mol. The van der Waals surface area contributed by atoms with Crippen molar-refractivity contribution in [3.8, 4) is 11.5 Å². The number of aliphatic hydroxyl groups excluding tert-OH is 1. The van der Waals surface area contributed by atoms with Gasteiger partial charge in [-0.1, -0.05) is 24.3 Å². The SMILES string of the molecule is CCOc1cc(C2C(C(=O)c3cc4ccccc4o3)=C(O)C(=O)N2CCCOC(C)C)ccc1OC. The van der Waals surface area contributed by atoms with Crippen LogP contribution in [0.4, 0.5) is 0 Å². The van der Waals surface area contributed by atoms with Crippen molar-refractivity contribution in [1.82, 2.24) is 4.90 Å². The first-order valence-electron chi connectivity index (χ1n) is 12.0. The van der Waals surface area contributed by atoms with Gasteiger partial charge in [0.1, 0.15) is 5.58 Å². The molecule has 1 amide bonds. The summed E-state index contributed by atoms with van der Waals surface area (Å²) in [4.78, 5) is 28.4. The van der Waals surface area contributed by atoms with Gasteiger partial charge in [0.25, 0.3) is 5.91 Å². The number of nitrogens with zero attached hydrogens (tertiary/aromatic N) is 1. The van der Waals surface area contributed by atoms with Crippen LogP contribution in [0.3, 0.4) is 0 Å². The molecule has 0 saturated heterocycles. The normalized spacial score (nSPS) is 15.9. The molecule has 36 heavy (non-hydrogen) atoms. The van der Waals surface area contributed by atoms with Crippen molar-refractivity contribution in [1.29, 1.82) is 0 Å². The van der Waals surface area contributed by atoms with E-state index in [1.165, 1.54) is 4.90 Å². The van der Waals surface area contributed by atoms with E-state index in [0.29, 0.717) is 42.3 Å². The smallest absolute Gasteiger partial charge is 0.290 e. The molecule has 3 aromatic rings. The molecule has 0 radical (unpaired) electrons. The van der Waals surface area contributed by atoms with Crippen molar-refractivity contribution in [2.24, 2.45) is 0 Å². The average molecular weight is 494 g/mol. The molecule has 0 saturated carbocycles. The number of rotatable bonds is 11. The number of furan rings is 1. The lowest BCUT2D eigenvalue weighted by Gasteiger charge is -2.27. The summed E-state index contributed by atoms with van der Waals surface area (Å²) in [5, 5.41) is 11.7. The number of carbonyl (C=O) groups is 2. The van der Waals surface area contributed by atoms with Crippen LogP contribution < -0.4 is 9.47 Å². The zero-order chi connectivity index (χ0) is 25.8. The van der Waals surface area contributed by atoms with E-state index in [2.05, 4.69) is 0 Å². The minimum absolute atomic E-state index is 0.0311. The largest absolute Gasteiger partial charge is 0.503 e. The van der Waals surface area contributed by atoms with Crippen LogP contribution in [0.5, 0.6) is 11.5 Å². The van der Waals surface area contributed by atoms with Crippen molar-refractivity contribution in [2.75, 3.05) is 26.9 Å². The van der Waals surface area contributed by atoms with Crippen molar-refractivity contribution >= 4 is 22.7 Å². The first-order valence-corrected chi connectivity index (χ1v) is 12.0. The molecule has 0 fully saturated rings. The molecule has 8 heteroatoms. The Morgan fingerprint density at radius 2 is 1.92 bits per heavy atom. The molecular weight excluding hydrogens is 462 g/mol. The third-order valence-electron chi connectivity index (χ3n) is 6.00. The van der Waals surface area contributed by atoms with Gasteiger partial charge in [0, 0.05) is 18.5 Å². The second kappa shape index (κ2) is 10.9. The first-order chi connectivity index (χ1) is 17.3. The van der Waals surface area contributed by atoms with E-state index in [1.54, 1.807) is 37.4 Å². The Hall–Kier alpha value is -3.78. The van der Waals surface area contributed by atoms with E-state index in [0.717, 1.165) is 5.39 Å².